The number of hydrogen-bond donors (Lipinski definition) is 2. The Morgan fingerprint density at radius 2 is 1.86 bits per heavy atom. The number of hydrogen-bond acceptors (Lipinski definition) is 4. The first-order chi connectivity index (χ1) is 9.65. The van der Waals surface area contributed by atoms with Crippen molar-refractivity contribution in [1.82, 2.24) is 10.6 Å². The number of ether oxygens (including phenoxy) is 2. The van der Waals surface area contributed by atoms with Crippen molar-refractivity contribution in [3.63, 3.8) is 0 Å². The van der Waals surface area contributed by atoms with Crippen molar-refractivity contribution in [1.29, 1.82) is 0 Å². The molecule has 0 aliphatic carbocycles. The van der Waals surface area contributed by atoms with Gasteiger partial charge < -0.3 is 20.1 Å². The highest BCUT2D eigenvalue weighted by Crippen LogP contribution is 2.09. The highest BCUT2D eigenvalue weighted by atomic mass is 35.5. The van der Waals surface area contributed by atoms with E-state index >= 15 is 0 Å². The summed E-state index contributed by atoms with van der Waals surface area (Å²) < 4.78 is 10.0. The SMILES string of the molecule is COC(CNCC(=O)NCCc1ccc(Cl)cc1)OC.Cl. The fourth-order valence-electron chi connectivity index (χ4n) is 1.63. The second kappa shape index (κ2) is 11.8. The van der Waals surface area contributed by atoms with E-state index in [1.54, 1.807) is 14.2 Å². The van der Waals surface area contributed by atoms with Crippen molar-refractivity contribution < 1.29 is 14.3 Å². The van der Waals surface area contributed by atoms with Crippen molar-refractivity contribution in [2.75, 3.05) is 33.9 Å². The standard InChI is InChI=1S/C14H21ClN2O3.ClH/c1-19-14(20-2)10-16-9-13(18)17-8-7-11-3-5-12(15)6-4-11;/h3-6,14,16H,7-10H2,1-2H3,(H,17,18);1H. The number of methoxy groups -OCH3 is 2. The van der Waals surface area contributed by atoms with Crippen molar-refractivity contribution in [2.24, 2.45) is 0 Å². The highest BCUT2D eigenvalue weighted by molar-refractivity contribution is 6.30. The molecule has 0 saturated heterocycles. The van der Waals surface area contributed by atoms with Gasteiger partial charge in [-0.2, -0.15) is 0 Å². The Labute approximate surface area is 136 Å². The monoisotopic (exact) mass is 336 g/mol. The molecular formula is C14H22Cl2N2O3. The van der Waals surface area contributed by atoms with Gasteiger partial charge in [-0.1, -0.05) is 23.7 Å². The van der Waals surface area contributed by atoms with E-state index in [-0.39, 0.29) is 31.1 Å². The minimum atomic E-state index is -0.336. The molecule has 7 heteroatoms. The summed E-state index contributed by atoms with van der Waals surface area (Å²) in [6.45, 7) is 1.31. The van der Waals surface area contributed by atoms with Gasteiger partial charge in [0.2, 0.25) is 5.91 Å². The van der Waals surface area contributed by atoms with Crippen LogP contribution < -0.4 is 10.6 Å². The highest BCUT2D eigenvalue weighted by Gasteiger charge is 2.06. The fourth-order valence-corrected chi connectivity index (χ4v) is 1.75. The quantitative estimate of drug-likeness (QED) is 0.673. The summed E-state index contributed by atoms with van der Waals surface area (Å²) in [5, 5.41) is 6.52. The molecule has 0 fully saturated rings. The predicted octanol–water partition coefficient (Wildman–Crippen LogP) is 1.63. The smallest absolute Gasteiger partial charge is 0.233 e. The third kappa shape index (κ3) is 8.90. The number of amides is 1. The van der Waals surface area contributed by atoms with Gasteiger partial charge in [0, 0.05) is 32.3 Å². The number of benzene rings is 1. The molecule has 0 atom stereocenters. The third-order valence-corrected chi connectivity index (χ3v) is 3.02. The van der Waals surface area contributed by atoms with Gasteiger partial charge in [0.1, 0.15) is 0 Å². The normalized spacial score (nSPS) is 10.3. The van der Waals surface area contributed by atoms with E-state index in [9.17, 15) is 4.79 Å². The molecule has 1 amide bonds. The third-order valence-electron chi connectivity index (χ3n) is 2.77. The molecule has 0 aromatic heterocycles. The Morgan fingerprint density at radius 3 is 2.43 bits per heavy atom. The van der Waals surface area contributed by atoms with Crippen molar-refractivity contribution in [3.05, 3.63) is 34.9 Å². The van der Waals surface area contributed by atoms with Crippen LogP contribution >= 0.6 is 24.0 Å². The molecule has 0 unspecified atom stereocenters. The van der Waals surface area contributed by atoms with Crippen molar-refractivity contribution in [3.8, 4) is 0 Å². The predicted molar refractivity (Wildman–Crippen MR) is 86.1 cm³/mol. The summed E-state index contributed by atoms with van der Waals surface area (Å²) in [6, 6.07) is 7.59. The van der Waals surface area contributed by atoms with Gasteiger partial charge in [-0.15, -0.1) is 12.4 Å². The summed E-state index contributed by atoms with van der Waals surface area (Å²) >= 11 is 5.80. The van der Waals surface area contributed by atoms with Gasteiger partial charge in [0.05, 0.1) is 6.54 Å². The molecule has 120 valence electrons. The molecule has 1 aromatic carbocycles. The van der Waals surface area contributed by atoms with E-state index in [1.807, 2.05) is 24.3 Å². The van der Waals surface area contributed by atoms with Gasteiger partial charge in [-0.3, -0.25) is 4.79 Å². The molecule has 0 saturated carbocycles. The topological polar surface area (TPSA) is 59.6 Å². The zero-order chi connectivity index (χ0) is 14.8. The van der Waals surface area contributed by atoms with Gasteiger partial charge >= 0.3 is 0 Å². The molecule has 0 aliphatic rings. The van der Waals surface area contributed by atoms with Gasteiger partial charge in [-0.25, -0.2) is 0 Å². The first-order valence-electron chi connectivity index (χ1n) is 6.43. The first kappa shape index (κ1) is 20.1. The molecule has 1 aromatic rings. The number of nitrogens with one attached hydrogen (secondary N) is 2. The Balaban J connectivity index is 0.00000400. The zero-order valence-electron chi connectivity index (χ0n) is 12.2. The molecular weight excluding hydrogens is 315 g/mol. The van der Waals surface area contributed by atoms with Crippen LogP contribution in [0.4, 0.5) is 0 Å². The Kier molecular flexibility index (Phi) is 11.3. The van der Waals surface area contributed by atoms with Crippen LogP contribution in [0, 0.1) is 0 Å². The summed E-state index contributed by atoms with van der Waals surface area (Å²) in [5.74, 6) is -0.0510. The summed E-state index contributed by atoms with van der Waals surface area (Å²) in [6.07, 6.45) is 0.443. The minimum absolute atomic E-state index is 0. The number of carbonyl (C=O) groups is 1. The van der Waals surface area contributed by atoms with Crippen LogP contribution in [-0.2, 0) is 20.7 Å². The van der Waals surface area contributed by atoms with Crippen LogP contribution in [0.5, 0.6) is 0 Å². The van der Waals surface area contributed by atoms with E-state index in [0.717, 1.165) is 12.0 Å². The number of rotatable bonds is 9. The molecule has 21 heavy (non-hydrogen) atoms. The lowest BCUT2D eigenvalue weighted by atomic mass is 10.1. The summed E-state index contributed by atoms with van der Waals surface area (Å²) in [4.78, 5) is 11.6. The first-order valence-corrected chi connectivity index (χ1v) is 6.81. The zero-order valence-corrected chi connectivity index (χ0v) is 13.8. The second-order valence-electron chi connectivity index (χ2n) is 4.26. The van der Waals surface area contributed by atoms with E-state index < -0.39 is 0 Å². The lowest BCUT2D eigenvalue weighted by Gasteiger charge is -2.13. The Morgan fingerprint density at radius 1 is 1.24 bits per heavy atom. The largest absolute Gasteiger partial charge is 0.355 e. The van der Waals surface area contributed by atoms with Crippen LogP contribution in [-0.4, -0.2) is 46.1 Å². The Hall–Kier alpha value is -0.850. The number of carbonyl (C=O) groups excluding carboxylic acids is 1. The van der Waals surface area contributed by atoms with Gasteiger partial charge in [0.15, 0.2) is 6.29 Å². The Bertz CT molecular complexity index is 398. The van der Waals surface area contributed by atoms with E-state index in [1.165, 1.54) is 0 Å². The van der Waals surface area contributed by atoms with Crippen molar-refractivity contribution >= 4 is 29.9 Å². The molecule has 0 bridgehead atoms. The molecule has 5 nitrogen and oxygen atoms in total. The van der Waals surface area contributed by atoms with E-state index in [0.29, 0.717) is 18.1 Å². The maximum Gasteiger partial charge on any atom is 0.233 e. The molecule has 0 aliphatic heterocycles. The lowest BCUT2D eigenvalue weighted by Crippen LogP contribution is -2.38. The van der Waals surface area contributed by atoms with Gasteiger partial charge in [0.25, 0.3) is 0 Å². The minimum Gasteiger partial charge on any atom is -0.355 e. The molecule has 2 N–H and O–H groups in total. The maximum absolute atomic E-state index is 11.6. The lowest BCUT2D eigenvalue weighted by molar-refractivity contribution is -0.121. The second-order valence-corrected chi connectivity index (χ2v) is 4.69. The fraction of sp³-hybridized carbons (Fsp3) is 0.500. The average molecular weight is 337 g/mol. The van der Waals surface area contributed by atoms with E-state index in [2.05, 4.69) is 10.6 Å². The summed E-state index contributed by atoms with van der Waals surface area (Å²) in [7, 11) is 3.12. The van der Waals surface area contributed by atoms with Crippen LogP contribution in [0.2, 0.25) is 5.02 Å². The van der Waals surface area contributed by atoms with Crippen LogP contribution in [0.3, 0.4) is 0 Å². The molecule has 0 spiro atoms. The maximum atomic E-state index is 11.6. The summed E-state index contributed by atoms with van der Waals surface area (Å²) in [5.41, 5.74) is 1.14. The molecule has 0 heterocycles. The number of halogens is 2. The van der Waals surface area contributed by atoms with Gasteiger partial charge in [-0.05, 0) is 24.1 Å². The van der Waals surface area contributed by atoms with E-state index in [4.69, 9.17) is 21.1 Å². The van der Waals surface area contributed by atoms with Crippen LogP contribution in [0.25, 0.3) is 0 Å². The average Bonchev–Trinajstić information content (AvgIpc) is 2.46. The molecule has 1 rings (SSSR count). The molecule has 0 radical (unpaired) electrons. The van der Waals surface area contributed by atoms with Crippen molar-refractivity contribution in [2.45, 2.75) is 12.7 Å². The van der Waals surface area contributed by atoms with Crippen LogP contribution in [0.15, 0.2) is 24.3 Å². The van der Waals surface area contributed by atoms with Crippen LogP contribution in [0.1, 0.15) is 5.56 Å².